The Morgan fingerprint density at radius 3 is 2.89 bits per heavy atom. The third kappa shape index (κ3) is 1.61. The maximum absolute atomic E-state index is 14.3. The smallest absolute Gasteiger partial charge is 0.173 e. The molecular weight excluding hydrogens is 237 g/mol. The predicted molar refractivity (Wildman–Crippen MR) is 63.6 cm³/mol. The number of aromatic hydroxyl groups is 1. The van der Waals surface area contributed by atoms with Crippen molar-refractivity contribution in [2.75, 3.05) is 19.8 Å². The van der Waals surface area contributed by atoms with Gasteiger partial charge in [0.1, 0.15) is 13.2 Å². The van der Waals surface area contributed by atoms with Crippen LogP contribution in [0.5, 0.6) is 17.2 Å². The van der Waals surface area contributed by atoms with Crippen molar-refractivity contribution in [1.29, 1.82) is 0 Å². The summed E-state index contributed by atoms with van der Waals surface area (Å²) in [5.74, 6) is -0.154. The first-order chi connectivity index (χ1) is 8.62. The van der Waals surface area contributed by atoms with Crippen molar-refractivity contribution in [1.82, 2.24) is 5.32 Å². The highest BCUT2D eigenvalue weighted by atomic mass is 19.1. The molecule has 1 fully saturated rings. The van der Waals surface area contributed by atoms with Crippen molar-refractivity contribution in [3.05, 3.63) is 17.4 Å². The van der Waals surface area contributed by atoms with Crippen molar-refractivity contribution >= 4 is 0 Å². The molecule has 0 aromatic heterocycles. The second-order valence-electron chi connectivity index (χ2n) is 4.97. The average Bonchev–Trinajstić information content (AvgIpc) is 2.78. The molecule has 0 amide bonds. The zero-order valence-electron chi connectivity index (χ0n) is 10.3. The highest BCUT2D eigenvalue weighted by molar-refractivity contribution is 5.56. The first-order valence-corrected chi connectivity index (χ1v) is 6.18. The summed E-state index contributed by atoms with van der Waals surface area (Å²) in [5, 5.41) is 13.0. The number of hydrogen-bond donors (Lipinski definition) is 2. The van der Waals surface area contributed by atoms with Crippen molar-refractivity contribution in [3.63, 3.8) is 0 Å². The number of nitrogens with one attached hydrogen (secondary N) is 1. The van der Waals surface area contributed by atoms with Crippen LogP contribution in [0.15, 0.2) is 6.07 Å². The molecule has 4 nitrogen and oxygen atoms in total. The molecule has 2 aliphatic rings. The number of hydrogen-bond acceptors (Lipinski definition) is 4. The van der Waals surface area contributed by atoms with Crippen molar-refractivity contribution < 1.29 is 19.0 Å². The van der Waals surface area contributed by atoms with Gasteiger partial charge in [-0.25, -0.2) is 4.39 Å². The fraction of sp³-hybridized carbons (Fsp3) is 0.538. The van der Waals surface area contributed by atoms with Gasteiger partial charge in [-0.05, 0) is 26.3 Å². The maximum atomic E-state index is 14.3. The highest BCUT2D eigenvalue weighted by Gasteiger charge is 2.39. The van der Waals surface area contributed by atoms with E-state index in [0.717, 1.165) is 19.4 Å². The zero-order chi connectivity index (χ0) is 12.8. The molecule has 0 bridgehead atoms. The Hall–Kier alpha value is -1.49. The summed E-state index contributed by atoms with van der Waals surface area (Å²) in [7, 11) is 0. The zero-order valence-corrected chi connectivity index (χ0v) is 10.3. The number of phenols is 1. The Bertz CT molecular complexity index is 484. The van der Waals surface area contributed by atoms with E-state index in [4.69, 9.17) is 9.47 Å². The van der Waals surface area contributed by atoms with Crippen LogP contribution in [0.3, 0.4) is 0 Å². The van der Waals surface area contributed by atoms with Gasteiger partial charge >= 0.3 is 0 Å². The molecule has 5 heteroatoms. The van der Waals surface area contributed by atoms with Gasteiger partial charge in [-0.2, -0.15) is 0 Å². The van der Waals surface area contributed by atoms with Gasteiger partial charge in [0.2, 0.25) is 0 Å². The Morgan fingerprint density at radius 1 is 1.39 bits per heavy atom. The molecule has 1 atom stereocenters. The molecule has 0 spiro atoms. The van der Waals surface area contributed by atoms with Gasteiger partial charge in [0.25, 0.3) is 0 Å². The highest BCUT2D eigenvalue weighted by Crippen LogP contribution is 2.47. The van der Waals surface area contributed by atoms with E-state index in [0.29, 0.717) is 30.3 Å². The molecule has 2 heterocycles. The fourth-order valence-corrected chi connectivity index (χ4v) is 2.75. The summed E-state index contributed by atoms with van der Waals surface area (Å²) in [6, 6.07) is 1.28. The lowest BCUT2D eigenvalue weighted by Crippen LogP contribution is -2.35. The van der Waals surface area contributed by atoms with Crippen LogP contribution >= 0.6 is 0 Å². The van der Waals surface area contributed by atoms with E-state index in [-0.39, 0.29) is 5.75 Å². The van der Waals surface area contributed by atoms with E-state index >= 15 is 0 Å². The molecule has 0 aliphatic carbocycles. The van der Waals surface area contributed by atoms with E-state index in [1.54, 1.807) is 0 Å². The molecule has 0 radical (unpaired) electrons. The topological polar surface area (TPSA) is 50.7 Å². The van der Waals surface area contributed by atoms with E-state index in [9.17, 15) is 9.50 Å². The minimum Gasteiger partial charge on any atom is -0.505 e. The van der Waals surface area contributed by atoms with Crippen molar-refractivity contribution in [2.24, 2.45) is 0 Å². The van der Waals surface area contributed by atoms with E-state index < -0.39 is 11.4 Å². The van der Waals surface area contributed by atoms with Gasteiger partial charge in [0.15, 0.2) is 23.1 Å². The molecule has 2 aliphatic heterocycles. The lowest BCUT2D eigenvalue weighted by atomic mass is 9.88. The molecule has 0 saturated carbocycles. The second-order valence-corrected chi connectivity index (χ2v) is 4.97. The van der Waals surface area contributed by atoms with E-state index in [2.05, 4.69) is 5.32 Å². The summed E-state index contributed by atoms with van der Waals surface area (Å²) in [4.78, 5) is 0. The predicted octanol–water partition coefficient (Wildman–Crippen LogP) is 1.90. The van der Waals surface area contributed by atoms with Crippen LogP contribution < -0.4 is 14.8 Å². The Labute approximate surface area is 105 Å². The molecule has 1 aromatic carbocycles. The number of halogens is 1. The number of benzene rings is 1. The standard InChI is InChI=1S/C13H16FNO3/c1-13(3-2-4-15-13)10-11(14)8(16)7-9-12(10)18-6-5-17-9/h7,15-16H,2-6H2,1H3. The minimum atomic E-state index is -0.615. The molecule has 1 saturated heterocycles. The monoisotopic (exact) mass is 253 g/mol. The van der Waals surface area contributed by atoms with Crippen LogP contribution in [-0.2, 0) is 5.54 Å². The summed E-state index contributed by atoms with van der Waals surface area (Å²) in [6.07, 6.45) is 1.78. The van der Waals surface area contributed by atoms with Crippen LogP contribution in [0.4, 0.5) is 4.39 Å². The van der Waals surface area contributed by atoms with Crippen LogP contribution in [0, 0.1) is 5.82 Å². The largest absolute Gasteiger partial charge is 0.505 e. The molecule has 1 aromatic rings. The number of phenolic OH excluding ortho intramolecular Hbond substituents is 1. The molecular formula is C13H16FNO3. The van der Waals surface area contributed by atoms with Crippen LogP contribution in [-0.4, -0.2) is 24.9 Å². The number of rotatable bonds is 1. The minimum absolute atomic E-state index is 0.384. The summed E-state index contributed by atoms with van der Waals surface area (Å²) >= 11 is 0. The lowest BCUT2D eigenvalue weighted by Gasteiger charge is -2.31. The SMILES string of the molecule is CC1(c2c(F)c(O)cc3c2OCCO3)CCCN1. The van der Waals surface area contributed by atoms with E-state index in [1.807, 2.05) is 6.92 Å². The van der Waals surface area contributed by atoms with Gasteiger partial charge in [-0.1, -0.05) is 0 Å². The van der Waals surface area contributed by atoms with Crippen LogP contribution in [0.2, 0.25) is 0 Å². The molecule has 98 valence electrons. The normalized spacial score (nSPS) is 26.3. The molecule has 2 N–H and O–H groups in total. The number of fused-ring (bicyclic) bond motifs is 1. The average molecular weight is 253 g/mol. The summed E-state index contributed by atoms with van der Waals surface area (Å²) in [5.41, 5.74) is -0.122. The lowest BCUT2D eigenvalue weighted by molar-refractivity contribution is 0.163. The first-order valence-electron chi connectivity index (χ1n) is 6.18. The third-order valence-corrected chi connectivity index (χ3v) is 3.67. The maximum Gasteiger partial charge on any atom is 0.173 e. The fourth-order valence-electron chi connectivity index (χ4n) is 2.75. The van der Waals surface area contributed by atoms with Crippen molar-refractivity contribution in [3.8, 4) is 17.2 Å². The summed E-state index contributed by atoms with van der Waals surface area (Å²) < 4.78 is 25.2. The Balaban J connectivity index is 2.20. The van der Waals surface area contributed by atoms with Gasteiger partial charge < -0.3 is 19.9 Å². The molecule has 1 unspecified atom stereocenters. The van der Waals surface area contributed by atoms with E-state index in [1.165, 1.54) is 6.07 Å². The van der Waals surface area contributed by atoms with Crippen molar-refractivity contribution in [2.45, 2.75) is 25.3 Å². The quantitative estimate of drug-likeness (QED) is 0.802. The second kappa shape index (κ2) is 4.02. The first kappa shape index (κ1) is 11.6. The third-order valence-electron chi connectivity index (χ3n) is 3.67. The molecule has 3 rings (SSSR count). The Kier molecular flexibility index (Phi) is 2.59. The van der Waals surface area contributed by atoms with Gasteiger partial charge in [-0.15, -0.1) is 0 Å². The number of ether oxygens (including phenoxy) is 2. The van der Waals surface area contributed by atoms with Gasteiger partial charge in [0.05, 0.1) is 5.56 Å². The molecule has 18 heavy (non-hydrogen) atoms. The van der Waals surface area contributed by atoms with Crippen LogP contribution in [0.1, 0.15) is 25.3 Å². The van der Waals surface area contributed by atoms with Crippen LogP contribution in [0.25, 0.3) is 0 Å². The Morgan fingerprint density at radius 2 is 2.17 bits per heavy atom. The van der Waals surface area contributed by atoms with Gasteiger partial charge in [0, 0.05) is 11.6 Å². The van der Waals surface area contributed by atoms with Gasteiger partial charge in [-0.3, -0.25) is 0 Å². The summed E-state index contributed by atoms with van der Waals surface area (Å²) in [6.45, 7) is 3.58.